The second kappa shape index (κ2) is 38.6. The third-order valence-electron chi connectivity index (χ3n) is 9.79. The summed E-state index contributed by atoms with van der Waals surface area (Å²) in [5, 5.41) is 0. The Labute approximate surface area is 310 Å². The molecule has 0 unspecified atom stereocenters. The van der Waals surface area contributed by atoms with E-state index < -0.39 is 6.10 Å². The summed E-state index contributed by atoms with van der Waals surface area (Å²) in [6.07, 6.45) is 36.7. The maximum atomic E-state index is 12.6. The van der Waals surface area contributed by atoms with Gasteiger partial charge in [-0.3, -0.25) is 14.4 Å². The van der Waals surface area contributed by atoms with E-state index in [0.29, 0.717) is 19.3 Å². The van der Waals surface area contributed by atoms with Crippen LogP contribution in [-0.2, 0) is 28.6 Å². The predicted molar refractivity (Wildman–Crippen MR) is 210 cm³/mol. The van der Waals surface area contributed by atoms with Gasteiger partial charge in [0, 0.05) is 19.3 Å². The third kappa shape index (κ3) is 37.7. The molecule has 0 bridgehead atoms. The van der Waals surface area contributed by atoms with E-state index in [2.05, 4.69) is 27.7 Å². The summed E-state index contributed by atoms with van der Waals surface area (Å²) in [7, 11) is 0. The minimum absolute atomic E-state index is 0.0648. The molecule has 0 saturated carbocycles. The minimum atomic E-state index is -0.758. The standard InChI is InChI=1S/C44H84O6/c1-5-7-9-11-13-15-17-18-19-21-22-27-31-35-42(45)48-38-41(39-49-43(46)36-32-28-25-24-26-30-34-40(3)4)50-44(47)37-33-29-23-20-16-14-12-10-8-6-2/h40-41H,5-39H2,1-4H3/t41-/m0/s1. The van der Waals surface area contributed by atoms with E-state index >= 15 is 0 Å². The molecule has 6 nitrogen and oxygen atoms in total. The maximum Gasteiger partial charge on any atom is 0.306 e. The van der Waals surface area contributed by atoms with Crippen LogP contribution >= 0.6 is 0 Å². The second-order valence-electron chi connectivity index (χ2n) is 15.5. The second-order valence-corrected chi connectivity index (χ2v) is 15.5. The zero-order chi connectivity index (χ0) is 36.8. The zero-order valence-corrected chi connectivity index (χ0v) is 33.9. The molecule has 0 radical (unpaired) electrons. The molecule has 1 atom stereocenters. The highest BCUT2D eigenvalue weighted by molar-refractivity contribution is 5.71. The molecule has 0 heterocycles. The first-order valence-corrected chi connectivity index (χ1v) is 21.9. The molecular formula is C44H84O6. The Hall–Kier alpha value is -1.59. The Kier molecular flexibility index (Phi) is 37.4. The van der Waals surface area contributed by atoms with Crippen molar-refractivity contribution in [2.45, 2.75) is 246 Å². The molecule has 0 aromatic carbocycles. The number of ether oxygens (including phenoxy) is 3. The lowest BCUT2D eigenvalue weighted by Crippen LogP contribution is -2.30. The molecular weight excluding hydrogens is 624 g/mol. The average Bonchev–Trinajstić information content (AvgIpc) is 3.09. The SMILES string of the molecule is CCCCCCCCCCCCCCCC(=O)OC[C@@H](COC(=O)CCCCCCCCC(C)C)OC(=O)CCCCCCCCCCCC. The van der Waals surface area contributed by atoms with Gasteiger partial charge < -0.3 is 14.2 Å². The van der Waals surface area contributed by atoms with Crippen LogP contribution in [0, 0.1) is 5.92 Å². The van der Waals surface area contributed by atoms with Gasteiger partial charge in [-0.25, -0.2) is 0 Å². The first-order chi connectivity index (χ1) is 24.4. The Balaban J connectivity index is 4.31. The van der Waals surface area contributed by atoms with Gasteiger partial charge in [-0.05, 0) is 25.2 Å². The Morgan fingerprint density at radius 3 is 0.980 bits per heavy atom. The summed E-state index contributed by atoms with van der Waals surface area (Å²) in [4.78, 5) is 37.5. The van der Waals surface area contributed by atoms with E-state index in [0.717, 1.165) is 63.7 Å². The van der Waals surface area contributed by atoms with Gasteiger partial charge in [0.2, 0.25) is 0 Å². The Morgan fingerprint density at radius 1 is 0.380 bits per heavy atom. The molecule has 0 amide bonds. The average molecular weight is 709 g/mol. The summed E-state index contributed by atoms with van der Waals surface area (Å²) >= 11 is 0. The Bertz CT molecular complexity index is 751. The quantitative estimate of drug-likeness (QED) is 0.0359. The third-order valence-corrected chi connectivity index (χ3v) is 9.79. The number of hydrogen-bond donors (Lipinski definition) is 0. The topological polar surface area (TPSA) is 78.9 Å². The van der Waals surface area contributed by atoms with Gasteiger partial charge in [0.15, 0.2) is 6.10 Å². The van der Waals surface area contributed by atoms with Crippen LogP contribution in [0.25, 0.3) is 0 Å². The van der Waals surface area contributed by atoms with E-state index in [1.54, 1.807) is 0 Å². The van der Waals surface area contributed by atoms with Gasteiger partial charge in [0.05, 0.1) is 0 Å². The normalized spacial score (nSPS) is 11.9. The molecule has 0 spiro atoms. The fourth-order valence-electron chi connectivity index (χ4n) is 6.45. The summed E-state index contributed by atoms with van der Waals surface area (Å²) in [6, 6.07) is 0. The van der Waals surface area contributed by atoms with Crippen LogP contribution in [0.1, 0.15) is 240 Å². The van der Waals surface area contributed by atoms with Crippen LogP contribution < -0.4 is 0 Å². The predicted octanol–water partition coefficient (Wildman–Crippen LogP) is 13.6. The number of unbranched alkanes of at least 4 members (excludes halogenated alkanes) is 26. The fraction of sp³-hybridized carbons (Fsp3) is 0.932. The van der Waals surface area contributed by atoms with Crippen LogP contribution in [0.15, 0.2) is 0 Å². The minimum Gasteiger partial charge on any atom is -0.462 e. The number of esters is 3. The molecule has 0 aliphatic heterocycles. The van der Waals surface area contributed by atoms with E-state index in [-0.39, 0.29) is 31.1 Å². The van der Waals surface area contributed by atoms with Crippen LogP contribution in [0.3, 0.4) is 0 Å². The summed E-state index contributed by atoms with van der Waals surface area (Å²) in [5.41, 5.74) is 0. The zero-order valence-electron chi connectivity index (χ0n) is 33.9. The van der Waals surface area contributed by atoms with Crippen molar-refractivity contribution < 1.29 is 28.6 Å². The highest BCUT2D eigenvalue weighted by Gasteiger charge is 2.19. The van der Waals surface area contributed by atoms with Crippen LogP contribution in [0.4, 0.5) is 0 Å². The van der Waals surface area contributed by atoms with Crippen molar-refractivity contribution >= 4 is 17.9 Å². The van der Waals surface area contributed by atoms with Crippen molar-refractivity contribution in [3.63, 3.8) is 0 Å². The monoisotopic (exact) mass is 709 g/mol. The van der Waals surface area contributed by atoms with Crippen molar-refractivity contribution in [1.29, 1.82) is 0 Å². The summed E-state index contributed by atoms with van der Waals surface area (Å²) < 4.78 is 16.7. The lowest BCUT2D eigenvalue weighted by Gasteiger charge is -2.18. The molecule has 6 heteroatoms. The van der Waals surface area contributed by atoms with Crippen molar-refractivity contribution in [2.75, 3.05) is 13.2 Å². The highest BCUT2D eigenvalue weighted by Crippen LogP contribution is 2.15. The first kappa shape index (κ1) is 48.4. The van der Waals surface area contributed by atoms with E-state index in [4.69, 9.17) is 14.2 Å². The van der Waals surface area contributed by atoms with Crippen LogP contribution in [0.5, 0.6) is 0 Å². The maximum absolute atomic E-state index is 12.6. The smallest absolute Gasteiger partial charge is 0.306 e. The van der Waals surface area contributed by atoms with Gasteiger partial charge in [0.25, 0.3) is 0 Å². The molecule has 296 valence electrons. The number of carbonyl (C=O) groups is 3. The molecule has 0 N–H and O–H groups in total. The van der Waals surface area contributed by atoms with Crippen molar-refractivity contribution in [2.24, 2.45) is 5.92 Å². The first-order valence-electron chi connectivity index (χ1n) is 21.9. The fourth-order valence-corrected chi connectivity index (χ4v) is 6.45. The molecule has 0 aromatic rings. The van der Waals surface area contributed by atoms with Gasteiger partial charge in [-0.15, -0.1) is 0 Å². The highest BCUT2D eigenvalue weighted by atomic mass is 16.6. The summed E-state index contributed by atoms with van der Waals surface area (Å²) in [6.45, 7) is 8.90. The lowest BCUT2D eigenvalue weighted by atomic mass is 10.0. The number of rotatable bonds is 39. The van der Waals surface area contributed by atoms with E-state index in [1.165, 1.54) is 135 Å². The van der Waals surface area contributed by atoms with Gasteiger partial charge in [-0.2, -0.15) is 0 Å². The molecule has 50 heavy (non-hydrogen) atoms. The number of carbonyl (C=O) groups excluding carboxylic acids is 3. The number of hydrogen-bond acceptors (Lipinski definition) is 6. The van der Waals surface area contributed by atoms with Gasteiger partial charge in [-0.1, -0.05) is 201 Å². The van der Waals surface area contributed by atoms with E-state index in [9.17, 15) is 14.4 Å². The molecule has 0 aliphatic rings. The lowest BCUT2D eigenvalue weighted by molar-refractivity contribution is -0.167. The molecule has 0 aliphatic carbocycles. The molecule has 0 saturated heterocycles. The molecule has 0 fully saturated rings. The van der Waals surface area contributed by atoms with E-state index in [1.807, 2.05) is 0 Å². The van der Waals surface area contributed by atoms with Gasteiger partial charge >= 0.3 is 17.9 Å². The Morgan fingerprint density at radius 2 is 0.660 bits per heavy atom. The van der Waals surface area contributed by atoms with Gasteiger partial charge in [0.1, 0.15) is 13.2 Å². The van der Waals surface area contributed by atoms with Crippen LogP contribution in [0.2, 0.25) is 0 Å². The molecule has 0 aromatic heterocycles. The summed E-state index contributed by atoms with van der Waals surface area (Å²) in [5.74, 6) is -0.0989. The van der Waals surface area contributed by atoms with Crippen molar-refractivity contribution in [1.82, 2.24) is 0 Å². The van der Waals surface area contributed by atoms with Crippen molar-refractivity contribution in [3.05, 3.63) is 0 Å². The van der Waals surface area contributed by atoms with Crippen LogP contribution in [-0.4, -0.2) is 37.2 Å². The largest absolute Gasteiger partial charge is 0.462 e. The van der Waals surface area contributed by atoms with Crippen molar-refractivity contribution in [3.8, 4) is 0 Å². The molecule has 0 rings (SSSR count).